The average molecular weight is 376 g/mol. The Hall–Kier alpha value is -2.86. The second kappa shape index (κ2) is 7.40. The molecule has 0 saturated heterocycles. The van der Waals surface area contributed by atoms with E-state index in [4.69, 9.17) is 4.98 Å². The highest BCUT2D eigenvalue weighted by Gasteiger charge is 2.08. The van der Waals surface area contributed by atoms with E-state index in [9.17, 15) is 4.79 Å². The number of thiazole rings is 1. The lowest BCUT2D eigenvalue weighted by Gasteiger charge is -2.06. The van der Waals surface area contributed by atoms with Crippen LogP contribution >= 0.6 is 11.3 Å². The smallest absolute Gasteiger partial charge is 0.258 e. The minimum absolute atomic E-state index is 0.0908. The fraction of sp³-hybridized carbons (Fsp3) is 0.238. The summed E-state index contributed by atoms with van der Waals surface area (Å²) in [4.78, 5) is 25.9. The average Bonchev–Trinajstić information content (AvgIpc) is 3.16. The van der Waals surface area contributed by atoms with Crippen LogP contribution in [0.1, 0.15) is 36.0 Å². The van der Waals surface area contributed by atoms with Crippen molar-refractivity contribution in [1.82, 2.24) is 19.4 Å². The second-order valence-electron chi connectivity index (χ2n) is 6.81. The first-order chi connectivity index (χ1) is 13.1. The number of aromatic nitrogens is 4. The lowest BCUT2D eigenvalue weighted by Crippen LogP contribution is -2.14. The van der Waals surface area contributed by atoms with E-state index in [0.29, 0.717) is 17.3 Å². The van der Waals surface area contributed by atoms with E-state index in [0.717, 1.165) is 34.7 Å². The highest BCUT2D eigenvalue weighted by molar-refractivity contribution is 7.09. The molecule has 0 aliphatic carbocycles. The third-order valence-corrected chi connectivity index (χ3v) is 5.40. The molecule has 0 bridgehead atoms. The molecule has 4 aromatic rings. The summed E-state index contributed by atoms with van der Waals surface area (Å²) in [5, 5.41) is 3.29. The number of pyridine rings is 2. The molecule has 136 valence electrons. The van der Waals surface area contributed by atoms with Gasteiger partial charge in [0.15, 0.2) is 0 Å². The fourth-order valence-corrected chi connectivity index (χ4v) is 3.88. The summed E-state index contributed by atoms with van der Waals surface area (Å²) in [7, 11) is 0. The molecular formula is C21H20N4OS. The molecule has 27 heavy (non-hydrogen) atoms. The van der Waals surface area contributed by atoms with Crippen LogP contribution < -0.4 is 5.56 Å². The van der Waals surface area contributed by atoms with E-state index in [1.54, 1.807) is 40.4 Å². The lowest BCUT2D eigenvalue weighted by atomic mass is 10.1. The number of hydrogen-bond donors (Lipinski definition) is 0. The predicted molar refractivity (Wildman–Crippen MR) is 108 cm³/mol. The van der Waals surface area contributed by atoms with Gasteiger partial charge in [-0.1, -0.05) is 13.8 Å². The van der Waals surface area contributed by atoms with E-state index < -0.39 is 0 Å². The Kier molecular flexibility index (Phi) is 4.81. The Labute approximate surface area is 161 Å². The molecule has 0 fully saturated rings. The van der Waals surface area contributed by atoms with E-state index >= 15 is 0 Å². The van der Waals surface area contributed by atoms with Gasteiger partial charge in [0, 0.05) is 42.0 Å². The van der Waals surface area contributed by atoms with Gasteiger partial charge >= 0.3 is 0 Å². The van der Waals surface area contributed by atoms with E-state index in [-0.39, 0.29) is 5.56 Å². The van der Waals surface area contributed by atoms with E-state index in [1.807, 2.05) is 24.3 Å². The molecule has 4 rings (SSSR count). The molecule has 0 saturated carbocycles. The maximum absolute atomic E-state index is 12.4. The molecule has 0 aromatic carbocycles. The first-order valence-electron chi connectivity index (χ1n) is 8.97. The number of fused-ring (bicyclic) bond motifs is 1. The molecular weight excluding hydrogens is 356 g/mol. The summed E-state index contributed by atoms with van der Waals surface area (Å²) in [6.07, 6.45) is 6.98. The van der Waals surface area contributed by atoms with Crippen molar-refractivity contribution in [3.05, 3.63) is 80.9 Å². The van der Waals surface area contributed by atoms with Gasteiger partial charge in [-0.05, 0) is 42.2 Å². The van der Waals surface area contributed by atoms with Crippen molar-refractivity contribution in [2.24, 2.45) is 0 Å². The minimum Gasteiger partial charge on any atom is -0.269 e. The maximum Gasteiger partial charge on any atom is 0.258 e. The SMILES string of the molecule is CC(C)c1csc(CCc2ccn3c(=O)cc(-c4cccnc4)nc3c2)n1. The van der Waals surface area contributed by atoms with Gasteiger partial charge in [0.2, 0.25) is 0 Å². The molecule has 0 radical (unpaired) electrons. The summed E-state index contributed by atoms with van der Waals surface area (Å²) in [5.41, 5.74) is 4.35. The zero-order valence-corrected chi connectivity index (χ0v) is 16.1. The maximum atomic E-state index is 12.4. The number of aryl methyl sites for hydroxylation is 2. The van der Waals surface area contributed by atoms with Crippen LogP contribution in [0.25, 0.3) is 16.9 Å². The third-order valence-electron chi connectivity index (χ3n) is 4.48. The molecule has 0 N–H and O–H groups in total. The number of rotatable bonds is 5. The van der Waals surface area contributed by atoms with E-state index in [2.05, 4.69) is 29.2 Å². The van der Waals surface area contributed by atoms with Gasteiger partial charge in [0.25, 0.3) is 5.56 Å². The summed E-state index contributed by atoms with van der Waals surface area (Å²) >= 11 is 1.71. The molecule has 0 spiro atoms. The summed E-state index contributed by atoms with van der Waals surface area (Å²) in [5.74, 6) is 0.456. The molecule has 6 heteroatoms. The Balaban J connectivity index is 1.61. The molecule has 0 amide bonds. The number of hydrogen-bond acceptors (Lipinski definition) is 5. The van der Waals surface area contributed by atoms with Crippen molar-refractivity contribution in [3.8, 4) is 11.3 Å². The van der Waals surface area contributed by atoms with Crippen molar-refractivity contribution in [2.45, 2.75) is 32.6 Å². The fourth-order valence-electron chi connectivity index (χ4n) is 2.92. The van der Waals surface area contributed by atoms with Crippen LogP contribution in [0.2, 0.25) is 0 Å². The van der Waals surface area contributed by atoms with Crippen LogP contribution in [0, 0.1) is 0 Å². The predicted octanol–water partition coefficient (Wildman–Crippen LogP) is 4.12. The van der Waals surface area contributed by atoms with Crippen LogP contribution in [-0.2, 0) is 12.8 Å². The Morgan fingerprint density at radius 3 is 2.78 bits per heavy atom. The Bertz CT molecular complexity index is 1130. The molecule has 0 aliphatic rings. The molecule has 4 heterocycles. The zero-order chi connectivity index (χ0) is 18.8. The monoisotopic (exact) mass is 376 g/mol. The van der Waals surface area contributed by atoms with Crippen LogP contribution in [0.15, 0.2) is 59.1 Å². The topological polar surface area (TPSA) is 60.2 Å². The lowest BCUT2D eigenvalue weighted by molar-refractivity contribution is 0.816. The molecule has 0 atom stereocenters. The van der Waals surface area contributed by atoms with E-state index in [1.165, 1.54) is 0 Å². The van der Waals surface area contributed by atoms with Gasteiger partial charge in [0.1, 0.15) is 5.65 Å². The second-order valence-corrected chi connectivity index (χ2v) is 7.75. The minimum atomic E-state index is -0.0908. The van der Waals surface area contributed by atoms with Crippen LogP contribution in [0.5, 0.6) is 0 Å². The molecule has 4 aromatic heterocycles. The molecule has 0 unspecified atom stereocenters. The zero-order valence-electron chi connectivity index (χ0n) is 15.3. The van der Waals surface area contributed by atoms with Crippen LogP contribution in [0.3, 0.4) is 0 Å². The quantitative estimate of drug-likeness (QED) is 0.526. The Morgan fingerprint density at radius 2 is 2.04 bits per heavy atom. The largest absolute Gasteiger partial charge is 0.269 e. The van der Waals surface area contributed by atoms with Crippen LogP contribution in [0.4, 0.5) is 0 Å². The van der Waals surface area contributed by atoms with Gasteiger partial charge in [-0.3, -0.25) is 14.2 Å². The van der Waals surface area contributed by atoms with Crippen LogP contribution in [-0.4, -0.2) is 19.4 Å². The Morgan fingerprint density at radius 1 is 1.15 bits per heavy atom. The van der Waals surface area contributed by atoms with Gasteiger partial charge in [-0.25, -0.2) is 9.97 Å². The molecule has 5 nitrogen and oxygen atoms in total. The number of nitrogens with zero attached hydrogens (tertiary/aromatic N) is 4. The first-order valence-corrected chi connectivity index (χ1v) is 9.85. The van der Waals surface area contributed by atoms with Gasteiger partial charge < -0.3 is 0 Å². The molecule has 0 aliphatic heterocycles. The van der Waals surface area contributed by atoms with Crippen molar-refractivity contribution in [2.75, 3.05) is 0 Å². The van der Waals surface area contributed by atoms with Crippen molar-refractivity contribution in [1.29, 1.82) is 0 Å². The van der Waals surface area contributed by atoms with Crippen molar-refractivity contribution >= 4 is 17.0 Å². The standard InChI is InChI=1S/C21H20N4OS/c1-14(2)18-13-27-20(24-18)6-5-15-7-9-25-19(10-15)23-17(11-21(25)26)16-4-3-8-22-12-16/h3-4,7-14H,5-6H2,1-2H3. The highest BCUT2D eigenvalue weighted by Crippen LogP contribution is 2.20. The normalized spacial score (nSPS) is 11.4. The highest BCUT2D eigenvalue weighted by atomic mass is 32.1. The first kappa shape index (κ1) is 17.5. The summed E-state index contributed by atoms with van der Waals surface area (Å²) in [6, 6.07) is 9.26. The van der Waals surface area contributed by atoms with Gasteiger partial charge in [-0.2, -0.15) is 0 Å². The van der Waals surface area contributed by atoms with Crippen molar-refractivity contribution in [3.63, 3.8) is 0 Å². The van der Waals surface area contributed by atoms with Gasteiger partial charge in [0.05, 0.1) is 16.4 Å². The summed E-state index contributed by atoms with van der Waals surface area (Å²) < 4.78 is 1.57. The summed E-state index contributed by atoms with van der Waals surface area (Å²) in [6.45, 7) is 4.32. The third kappa shape index (κ3) is 3.80. The van der Waals surface area contributed by atoms with Crippen molar-refractivity contribution < 1.29 is 0 Å². The van der Waals surface area contributed by atoms with Gasteiger partial charge in [-0.15, -0.1) is 11.3 Å².